The van der Waals surface area contributed by atoms with Gasteiger partial charge in [0.2, 0.25) is 0 Å². The summed E-state index contributed by atoms with van der Waals surface area (Å²) in [5.41, 5.74) is 3.99. The number of benzene rings is 5. The Morgan fingerprint density at radius 2 is 1.25 bits per heavy atom. The minimum absolute atomic E-state index is 0.141. The van der Waals surface area contributed by atoms with Gasteiger partial charge in [-0.3, -0.25) is 0 Å². The molecule has 154 valence electrons. The highest BCUT2D eigenvalue weighted by Gasteiger charge is 2.18. The summed E-state index contributed by atoms with van der Waals surface area (Å²) in [6, 6.07) is 29.4. The van der Waals surface area contributed by atoms with Gasteiger partial charge in [0.1, 0.15) is 0 Å². The van der Waals surface area contributed by atoms with Crippen LogP contribution in [0.1, 0.15) is 26.3 Å². The Morgan fingerprint density at radius 3 is 2.00 bits per heavy atom. The molecule has 0 aliphatic carbocycles. The quantitative estimate of drug-likeness (QED) is 0.231. The fourth-order valence-electron chi connectivity index (χ4n) is 5.28. The minimum Gasteiger partial charge on any atom is -0.354 e. The highest BCUT2D eigenvalue weighted by atomic mass is 32.1. The number of fused-ring (bicyclic) bond motifs is 11. The molecule has 0 aliphatic heterocycles. The lowest BCUT2D eigenvalue weighted by molar-refractivity contribution is 0.591. The largest absolute Gasteiger partial charge is 0.354 e. The topological polar surface area (TPSA) is 15.8 Å². The molecule has 1 N–H and O–H groups in total. The van der Waals surface area contributed by atoms with Crippen LogP contribution in [-0.2, 0) is 5.41 Å². The molecule has 0 aliphatic rings. The second-order valence-corrected chi connectivity index (χ2v) is 11.0. The van der Waals surface area contributed by atoms with Gasteiger partial charge in [-0.05, 0) is 51.4 Å². The summed E-state index contributed by atoms with van der Waals surface area (Å²) in [5, 5.41) is 10.6. The van der Waals surface area contributed by atoms with Gasteiger partial charge in [-0.25, -0.2) is 0 Å². The van der Waals surface area contributed by atoms with Crippen molar-refractivity contribution in [2.45, 2.75) is 26.2 Å². The maximum atomic E-state index is 3.79. The van der Waals surface area contributed by atoms with Crippen molar-refractivity contribution in [2.24, 2.45) is 0 Å². The van der Waals surface area contributed by atoms with Gasteiger partial charge in [-0.2, -0.15) is 0 Å². The van der Waals surface area contributed by atoms with E-state index in [1.165, 1.54) is 69.1 Å². The number of hydrogen-bond acceptors (Lipinski definition) is 1. The molecule has 0 unspecified atom stereocenters. The van der Waals surface area contributed by atoms with Crippen LogP contribution in [0.4, 0.5) is 0 Å². The Morgan fingerprint density at radius 1 is 0.594 bits per heavy atom. The molecule has 1 nitrogen and oxygen atoms in total. The van der Waals surface area contributed by atoms with Gasteiger partial charge in [0.25, 0.3) is 0 Å². The van der Waals surface area contributed by atoms with Crippen LogP contribution in [0.2, 0.25) is 0 Å². The zero-order chi connectivity index (χ0) is 21.6. The fourth-order valence-corrected chi connectivity index (χ4v) is 6.39. The number of thiophene rings is 1. The monoisotopic (exact) mass is 429 g/mol. The molecule has 7 aromatic rings. The highest BCUT2D eigenvalue weighted by molar-refractivity contribution is 7.25. The summed E-state index contributed by atoms with van der Waals surface area (Å²) < 4.78 is 2.71. The summed E-state index contributed by atoms with van der Waals surface area (Å²) in [6.45, 7) is 6.87. The van der Waals surface area contributed by atoms with Crippen LogP contribution in [0.15, 0.2) is 78.9 Å². The number of H-pyrrole nitrogens is 1. The molecular formula is C30H23NS. The SMILES string of the molecule is CC(C)(C)c1ccc2sc3cc4[nH]c5c6ccccc6c6ccccc6c5c4cc3c2c1. The van der Waals surface area contributed by atoms with E-state index in [1.54, 1.807) is 0 Å². The van der Waals surface area contributed by atoms with Gasteiger partial charge >= 0.3 is 0 Å². The summed E-state index contributed by atoms with van der Waals surface area (Å²) >= 11 is 1.89. The van der Waals surface area contributed by atoms with Crippen LogP contribution < -0.4 is 0 Å². The maximum Gasteiger partial charge on any atom is 0.0551 e. The predicted octanol–water partition coefficient (Wildman–Crippen LogP) is 9.29. The fraction of sp³-hybridized carbons (Fsp3) is 0.133. The van der Waals surface area contributed by atoms with Crippen molar-refractivity contribution in [1.82, 2.24) is 4.98 Å². The molecule has 0 atom stereocenters. The highest BCUT2D eigenvalue weighted by Crippen LogP contribution is 2.43. The molecule has 5 aromatic carbocycles. The smallest absolute Gasteiger partial charge is 0.0551 e. The van der Waals surface area contributed by atoms with Crippen LogP contribution >= 0.6 is 11.3 Å². The Labute approximate surface area is 190 Å². The average Bonchev–Trinajstić information content (AvgIpc) is 3.34. The van der Waals surface area contributed by atoms with Crippen molar-refractivity contribution < 1.29 is 0 Å². The molecule has 0 saturated carbocycles. The van der Waals surface area contributed by atoms with E-state index < -0.39 is 0 Å². The molecule has 0 saturated heterocycles. The minimum atomic E-state index is 0.141. The normalized spacial score (nSPS) is 12.8. The standard InChI is InChI=1S/C30H23NS/c1-30(2,3)17-12-13-26-22(14-17)23-15-24-25(16-27(23)32-26)31-29-21-11-7-5-9-19(21)18-8-4-6-10-20(18)28(24)29/h4-16,31H,1-3H3. The molecule has 0 spiro atoms. The second-order valence-electron chi connectivity index (χ2n) is 9.92. The van der Waals surface area contributed by atoms with E-state index in [0.29, 0.717) is 0 Å². The Hall–Kier alpha value is -3.36. The molecule has 2 heterocycles. The molecular weight excluding hydrogens is 406 g/mol. The Balaban J connectivity index is 1.69. The summed E-state index contributed by atoms with van der Waals surface area (Å²) in [4.78, 5) is 3.79. The van der Waals surface area contributed by atoms with Crippen LogP contribution in [0.5, 0.6) is 0 Å². The van der Waals surface area contributed by atoms with Crippen LogP contribution in [0.25, 0.3) is 63.5 Å². The molecule has 7 rings (SSSR count). The van der Waals surface area contributed by atoms with E-state index in [-0.39, 0.29) is 5.41 Å². The van der Waals surface area contributed by atoms with Crippen LogP contribution in [-0.4, -0.2) is 4.98 Å². The summed E-state index contributed by atoms with van der Waals surface area (Å²) in [5.74, 6) is 0. The molecule has 2 aromatic heterocycles. The first-order valence-corrected chi connectivity index (χ1v) is 12.0. The number of aromatic nitrogens is 1. The van der Waals surface area contributed by atoms with Crippen molar-refractivity contribution in [2.75, 3.05) is 0 Å². The van der Waals surface area contributed by atoms with E-state index in [4.69, 9.17) is 0 Å². The predicted molar refractivity (Wildman–Crippen MR) is 142 cm³/mol. The van der Waals surface area contributed by atoms with Gasteiger partial charge in [-0.1, -0.05) is 75.4 Å². The van der Waals surface area contributed by atoms with Gasteiger partial charge in [-0.15, -0.1) is 11.3 Å². The maximum absolute atomic E-state index is 3.79. The van der Waals surface area contributed by atoms with Crippen molar-refractivity contribution in [3.05, 3.63) is 84.4 Å². The third-order valence-electron chi connectivity index (χ3n) is 6.94. The number of hydrogen-bond donors (Lipinski definition) is 1. The van der Waals surface area contributed by atoms with Crippen molar-refractivity contribution in [3.8, 4) is 0 Å². The van der Waals surface area contributed by atoms with Crippen molar-refractivity contribution >= 4 is 74.9 Å². The third-order valence-corrected chi connectivity index (χ3v) is 8.07. The first-order valence-electron chi connectivity index (χ1n) is 11.2. The van der Waals surface area contributed by atoms with E-state index in [1.807, 2.05) is 11.3 Å². The van der Waals surface area contributed by atoms with Gasteiger partial charge in [0, 0.05) is 41.8 Å². The van der Waals surface area contributed by atoms with Crippen molar-refractivity contribution in [3.63, 3.8) is 0 Å². The molecule has 0 radical (unpaired) electrons. The number of rotatable bonds is 0. The van der Waals surface area contributed by atoms with E-state index >= 15 is 0 Å². The zero-order valence-corrected chi connectivity index (χ0v) is 19.2. The first-order chi connectivity index (χ1) is 15.5. The number of nitrogens with one attached hydrogen (secondary N) is 1. The third kappa shape index (κ3) is 2.39. The lowest BCUT2D eigenvalue weighted by Crippen LogP contribution is -2.10. The lowest BCUT2D eigenvalue weighted by atomic mass is 9.86. The molecule has 0 fully saturated rings. The zero-order valence-electron chi connectivity index (χ0n) is 18.4. The van der Waals surface area contributed by atoms with E-state index in [0.717, 1.165) is 0 Å². The van der Waals surface area contributed by atoms with Gasteiger partial charge in [0.15, 0.2) is 0 Å². The number of aromatic amines is 1. The Bertz CT molecular complexity index is 1860. The Kier molecular flexibility index (Phi) is 3.48. The van der Waals surface area contributed by atoms with E-state index in [9.17, 15) is 0 Å². The summed E-state index contributed by atoms with van der Waals surface area (Å²) in [6.07, 6.45) is 0. The van der Waals surface area contributed by atoms with Crippen LogP contribution in [0.3, 0.4) is 0 Å². The van der Waals surface area contributed by atoms with Gasteiger partial charge in [0.05, 0.1) is 5.52 Å². The molecule has 2 heteroatoms. The molecule has 0 amide bonds. The van der Waals surface area contributed by atoms with Crippen LogP contribution in [0, 0.1) is 0 Å². The van der Waals surface area contributed by atoms with Gasteiger partial charge < -0.3 is 4.98 Å². The average molecular weight is 430 g/mol. The van der Waals surface area contributed by atoms with Crippen molar-refractivity contribution in [1.29, 1.82) is 0 Å². The molecule has 0 bridgehead atoms. The lowest BCUT2D eigenvalue weighted by Gasteiger charge is -2.18. The molecule has 32 heavy (non-hydrogen) atoms. The first kappa shape index (κ1) is 18.2. The summed E-state index contributed by atoms with van der Waals surface area (Å²) in [7, 11) is 0. The van der Waals surface area contributed by atoms with E-state index in [2.05, 4.69) is 105 Å². The second kappa shape index (κ2) is 6.11.